The predicted molar refractivity (Wildman–Crippen MR) is 96.1 cm³/mol. The third-order valence-corrected chi connectivity index (χ3v) is 3.95. The van der Waals surface area contributed by atoms with E-state index in [9.17, 15) is 4.79 Å². The average Bonchev–Trinajstić information content (AvgIpc) is 2.56. The number of amides is 1. The number of methoxy groups -OCH3 is 3. The smallest absolute Gasteiger partial charge is 0.220 e. The van der Waals surface area contributed by atoms with Gasteiger partial charge in [0.1, 0.15) is 0 Å². The van der Waals surface area contributed by atoms with E-state index in [1.165, 1.54) is 0 Å². The summed E-state index contributed by atoms with van der Waals surface area (Å²) in [5.74, 6) is 2.51. The van der Waals surface area contributed by atoms with Crippen LogP contribution in [0.1, 0.15) is 45.6 Å². The van der Waals surface area contributed by atoms with Crippen LogP contribution in [0.2, 0.25) is 0 Å². The van der Waals surface area contributed by atoms with Crippen molar-refractivity contribution in [1.29, 1.82) is 0 Å². The van der Waals surface area contributed by atoms with E-state index in [0.717, 1.165) is 18.4 Å². The van der Waals surface area contributed by atoms with Crippen molar-refractivity contribution in [1.82, 2.24) is 5.32 Å². The van der Waals surface area contributed by atoms with Gasteiger partial charge in [-0.3, -0.25) is 4.79 Å². The maximum Gasteiger partial charge on any atom is 0.220 e. The van der Waals surface area contributed by atoms with Crippen molar-refractivity contribution in [2.24, 2.45) is 5.92 Å². The lowest BCUT2D eigenvalue weighted by molar-refractivity contribution is -0.121. The standard InChI is InChI=1S/C19H31NO4/c1-13(2)7-8-14(3)20-18(21)10-9-15-11-16(22-4)19(24-6)17(12-15)23-5/h11-14H,7-10H2,1-6H3,(H,20,21). The van der Waals surface area contributed by atoms with E-state index in [4.69, 9.17) is 14.2 Å². The van der Waals surface area contributed by atoms with Crippen LogP contribution in [-0.4, -0.2) is 33.3 Å². The zero-order chi connectivity index (χ0) is 18.1. The molecule has 0 saturated carbocycles. The first-order valence-electron chi connectivity index (χ1n) is 8.49. The van der Waals surface area contributed by atoms with Crippen LogP contribution < -0.4 is 19.5 Å². The molecule has 1 aromatic rings. The SMILES string of the molecule is COc1cc(CCC(=O)NC(C)CCC(C)C)cc(OC)c1OC. The largest absolute Gasteiger partial charge is 0.493 e. The van der Waals surface area contributed by atoms with Gasteiger partial charge in [-0.25, -0.2) is 0 Å². The lowest BCUT2D eigenvalue weighted by Crippen LogP contribution is -2.32. The molecule has 0 aromatic heterocycles. The van der Waals surface area contributed by atoms with Crippen molar-refractivity contribution in [3.8, 4) is 17.2 Å². The van der Waals surface area contributed by atoms with Crippen molar-refractivity contribution in [2.75, 3.05) is 21.3 Å². The van der Waals surface area contributed by atoms with E-state index in [1.54, 1.807) is 21.3 Å². The Kier molecular flexibility index (Phi) is 8.44. The molecule has 136 valence electrons. The highest BCUT2D eigenvalue weighted by Gasteiger charge is 2.14. The monoisotopic (exact) mass is 337 g/mol. The fraction of sp³-hybridized carbons (Fsp3) is 0.632. The van der Waals surface area contributed by atoms with E-state index >= 15 is 0 Å². The Morgan fingerprint density at radius 1 is 1.00 bits per heavy atom. The van der Waals surface area contributed by atoms with Crippen molar-refractivity contribution in [2.45, 2.75) is 52.5 Å². The van der Waals surface area contributed by atoms with Gasteiger partial charge in [-0.15, -0.1) is 0 Å². The van der Waals surface area contributed by atoms with Crippen LogP contribution in [0.5, 0.6) is 17.2 Å². The Morgan fingerprint density at radius 3 is 2.04 bits per heavy atom. The van der Waals surface area contributed by atoms with Crippen LogP contribution in [-0.2, 0) is 11.2 Å². The van der Waals surface area contributed by atoms with Gasteiger partial charge in [-0.2, -0.15) is 0 Å². The second kappa shape index (κ2) is 10.1. The Bertz CT molecular complexity index is 503. The number of aryl methyl sites for hydroxylation is 1. The molecule has 0 saturated heterocycles. The number of benzene rings is 1. The van der Waals surface area contributed by atoms with Crippen molar-refractivity contribution in [3.63, 3.8) is 0 Å². The summed E-state index contributed by atoms with van der Waals surface area (Å²) in [4.78, 5) is 12.1. The summed E-state index contributed by atoms with van der Waals surface area (Å²) in [5.41, 5.74) is 0.981. The molecule has 1 N–H and O–H groups in total. The van der Waals surface area contributed by atoms with Crippen LogP contribution in [0.15, 0.2) is 12.1 Å². The zero-order valence-electron chi connectivity index (χ0n) is 15.8. The molecule has 24 heavy (non-hydrogen) atoms. The lowest BCUT2D eigenvalue weighted by Gasteiger charge is -2.16. The predicted octanol–water partition coefficient (Wildman–Crippen LogP) is 3.59. The number of ether oxygens (including phenoxy) is 3. The summed E-state index contributed by atoms with van der Waals surface area (Å²) >= 11 is 0. The number of nitrogens with one attached hydrogen (secondary N) is 1. The number of rotatable bonds is 10. The normalized spacial score (nSPS) is 12.0. The van der Waals surface area contributed by atoms with E-state index in [1.807, 2.05) is 12.1 Å². The molecule has 1 unspecified atom stereocenters. The van der Waals surface area contributed by atoms with Gasteiger partial charge in [0.15, 0.2) is 11.5 Å². The maximum atomic E-state index is 12.1. The first-order chi connectivity index (χ1) is 11.4. The first-order valence-corrected chi connectivity index (χ1v) is 8.49. The Hall–Kier alpha value is -1.91. The van der Waals surface area contributed by atoms with Gasteiger partial charge in [0.2, 0.25) is 11.7 Å². The Morgan fingerprint density at radius 2 is 1.58 bits per heavy atom. The Labute approximate surface area is 145 Å². The summed E-state index contributed by atoms with van der Waals surface area (Å²) in [7, 11) is 4.75. The fourth-order valence-electron chi connectivity index (χ4n) is 2.54. The van der Waals surface area contributed by atoms with E-state index in [2.05, 4.69) is 26.1 Å². The molecule has 1 atom stereocenters. The van der Waals surface area contributed by atoms with E-state index < -0.39 is 0 Å². The second-order valence-electron chi connectivity index (χ2n) is 6.47. The molecular formula is C19H31NO4. The summed E-state index contributed by atoms with van der Waals surface area (Å²) in [6, 6.07) is 3.98. The number of carbonyl (C=O) groups excluding carboxylic acids is 1. The third-order valence-electron chi connectivity index (χ3n) is 3.95. The van der Waals surface area contributed by atoms with Gasteiger partial charge < -0.3 is 19.5 Å². The highest BCUT2D eigenvalue weighted by atomic mass is 16.5. The molecule has 0 bridgehead atoms. The molecule has 5 heteroatoms. The highest BCUT2D eigenvalue weighted by Crippen LogP contribution is 2.38. The molecule has 0 aliphatic heterocycles. The number of hydrogen-bond acceptors (Lipinski definition) is 4. The van der Waals surface area contributed by atoms with Gasteiger partial charge in [0, 0.05) is 12.5 Å². The van der Waals surface area contributed by atoms with Crippen molar-refractivity contribution >= 4 is 5.91 Å². The third kappa shape index (κ3) is 6.30. The van der Waals surface area contributed by atoms with Gasteiger partial charge in [-0.05, 0) is 49.8 Å². The minimum absolute atomic E-state index is 0.0695. The average molecular weight is 337 g/mol. The van der Waals surface area contributed by atoms with Crippen LogP contribution in [0.3, 0.4) is 0 Å². The lowest BCUT2D eigenvalue weighted by atomic mass is 10.0. The van der Waals surface area contributed by atoms with E-state index in [0.29, 0.717) is 36.0 Å². The molecule has 1 rings (SSSR count). The topological polar surface area (TPSA) is 56.8 Å². The van der Waals surface area contributed by atoms with Gasteiger partial charge in [0.25, 0.3) is 0 Å². The van der Waals surface area contributed by atoms with Gasteiger partial charge in [-0.1, -0.05) is 13.8 Å². The van der Waals surface area contributed by atoms with Crippen molar-refractivity contribution in [3.05, 3.63) is 17.7 Å². The van der Waals surface area contributed by atoms with Crippen LogP contribution in [0.4, 0.5) is 0 Å². The number of hydrogen-bond donors (Lipinski definition) is 1. The highest BCUT2D eigenvalue weighted by molar-refractivity contribution is 5.76. The quantitative estimate of drug-likeness (QED) is 0.709. The van der Waals surface area contributed by atoms with Crippen LogP contribution in [0, 0.1) is 5.92 Å². The summed E-state index contributed by atoms with van der Waals surface area (Å²) in [5, 5.41) is 3.06. The zero-order valence-corrected chi connectivity index (χ0v) is 15.8. The minimum Gasteiger partial charge on any atom is -0.493 e. The summed E-state index contributed by atoms with van der Waals surface area (Å²) in [6.45, 7) is 6.44. The molecule has 0 spiro atoms. The van der Waals surface area contributed by atoms with E-state index in [-0.39, 0.29) is 11.9 Å². The minimum atomic E-state index is 0.0695. The van der Waals surface area contributed by atoms with Crippen LogP contribution in [0.25, 0.3) is 0 Å². The second-order valence-corrected chi connectivity index (χ2v) is 6.47. The van der Waals surface area contributed by atoms with Gasteiger partial charge >= 0.3 is 0 Å². The summed E-state index contributed by atoms with van der Waals surface area (Å²) in [6.07, 6.45) is 3.19. The maximum absolute atomic E-state index is 12.1. The molecule has 5 nitrogen and oxygen atoms in total. The van der Waals surface area contributed by atoms with Crippen LogP contribution >= 0.6 is 0 Å². The molecular weight excluding hydrogens is 306 g/mol. The molecule has 0 radical (unpaired) electrons. The summed E-state index contributed by atoms with van der Waals surface area (Å²) < 4.78 is 16.0. The molecule has 0 aliphatic carbocycles. The molecule has 0 fully saturated rings. The fourth-order valence-corrected chi connectivity index (χ4v) is 2.54. The number of carbonyl (C=O) groups is 1. The molecule has 1 amide bonds. The Balaban J connectivity index is 2.62. The molecule has 0 heterocycles. The van der Waals surface area contributed by atoms with Crippen molar-refractivity contribution < 1.29 is 19.0 Å². The first kappa shape index (κ1) is 20.1. The van der Waals surface area contributed by atoms with Gasteiger partial charge in [0.05, 0.1) is 21.3 Å². The molecule has 1 aromatic carbocycles. The molecule has 0 aliphatic rings.